The van der Waals surface area contributed by atoms with E-state index in [2.05, 4.69) is 0 Å². The number of carboxylic acid groups (broad SMARTS) is 3. The molecule has 0 heterocycles. The Labute approximate surface area is 146 Å². The molecule has 11 heteroatoms. The van der Waals surface area contributed by atoms with E-state index < -0.39 is 12.1 Å². The van der Waals surface area contributed by atoms with Crippen LogP contribution >= 0.6 is 0 Å². The Bertz CT molecular complexity index is 140. The molecule has 0 bridgehead atoms. The van der Waals surface area contributed by atoms with Gasteiger partial charge in [0.25, 0.3) is 0 Å². The van der Waals surface area contributed by atoms with Crippen LogP contribution in [-0.2, 0) is 4.79 Å². The van der Waals surface area contributed by atoms with Gasteiger partial charge in [-0.1, -0.05) is 0 Å². The van der Waals surface area contributed by atoms with E-state index in [0.29, 0.717) is 0 Å². The Balaban J connectivity index is -0.0000000156. The summed E-state index contributed by atoms with van der Waals surface area (Å²) in [6, 6.07) is 0. The molecule has 0 saturated heterocycles. The van der Waals surface area contributed by atoms with Crippen molar-refractivity contribution < 1.29 is 114 Å². The zero-order valence-corrected chi connectivity index (χ0v) is 14.4. The molecule has 0 atom stereocenters. The van der Waals surface area contributed by atoms with Gasteiger partial charge in [0.1, 0.15) is 0 Å². The topological polar surface area (TPSA) is 159 Å². The van der Waals surface area contributed by atoms with E-state index in [4.69, 9.17) is 36.0 Å². The third-order valence-electron chi connectivity index (χ3n) is 0. The van der Waals surface area contributed by atoms with Gasteiger partial charge in [-0.15, -0.1) is 0 Å². The van der Waals surface area contributed by atoms with Gasteiger partial charge in [0, 0.05) is 5.97 Å². The fourth-order valence-electron chi connectivity index (χ4n) is 0. The quantitative estimate of drug-likeness (QED) is 0.189. The molecule has 0 aromatic heterocycles. The maximum atomic E-state index is 8.89. The molecule has 0 amide bonds. The average Bonchev–Trinajstić information content (AvgIpc) is 1.60. The van der Waals surface area contributed by atoms with E-state index in [1.807, 2.05) is 0 Å². The van der Waals surface area contributed by atoms with Gasteiger partial charge >= 0.3 is 88.7 Å². The minimum absolute atomic E-state index is 0. The van der Waals surface area contributed by atoms with E-state index >= 15 is 0 Å². The van der Waals surface area contributed by atoms with Crippen molar-refractivity contribution in [2.75, 3.05) is 0 Å². The smallest absolute Gasteiger partial charge is 0.565 e. The van der Waals surface area contributed by atoms with Gasteiger partial charge in [0.15, 0.2) is 0 Å². The minimum Gasteiger partial charge on any atom is -0.565 e. The molecule has 0 aliphatic carbocycles. The van der Waals surface area contributed by atoms with Crippen molar-refractivity contribution in [1.82, 2.24) is 0 Å². The van der Waals surface area contributed by atoms with E-state index in [9.17, 15) is 0 Å². The first-order valence-electron chi connectivity index (χ1n) is 1.94. The summed E-state index contributed by atoms with van der Waals surface area (Å²) < 4.78 is 0. The molecule has 0 aliphatic heterocycles. The van der Waals surface area contributed by atoms with Crippen molar-refractivity contribution in [2.24, 2.45) is 0 Å². The number of rotatable bonds is 0. The van der Waals surface area contributed by atoms with Crippen LogP contribution in [0.25, 0.3) is 16.0 Å². The van der Waals surface area contributed by atoms with E-state index in [1.54, 1.807) is 0 Å². The van der Waals surface area contributed by atoms with Crippen LogP contribution in [0.4, 0.5) is 4.79 Å². The van der Waals surface area contributed by atoms with Crippen LogP contribution in [0.2, 0.25) is 0 Å². The van der Waals surface area contributed by atoms with Crippen LogP contribution < -0.4 is 98.9 Å². The van der Waals surface area contributed by atoms with Crippen molar-refractivity contribution in [1.29, 1.82) is 0 Å². The molecular formula is C3H4N3Na3O5. The van der Waals surface area contributed by atoms with Gasteiger partial charge in [0.05, 0.1) is 0 Å². The number of hydrogen-bond acceptors (Lipinski definition) is 4. The number of carbonyl (C=O) groups excluding carboxylic acids is 1. The van der Waals surface area contributed by atoms with Crippen LogP contribution in [0.15, 0.2) is 0 Å². The van der Waals surface area contributed by atoms with Crippen LogP contribution in [0.5, 0.6) is 0 Å². The Morgan fingerprint density at radius 2 is 1.14 bits per heavy atom. The standard InChI is InChI=1S/C2H4O2.CH2O3.N3.3Na/c1-2(3)4;2-1(3)4;1-3-2;;;/h1H3,(H,3,4);(H2,2,3,4);;;;/q;;-1;3*+1/p-2. The fraction of sp³-hybridized carbons (Fsp3) is 0.333. The molecule has 64 valence electrons. The molecule has 0 unspecified atom stereocenters. The molecule has 0 radical (unpaired) electrons. The van der Waals surface area contributed by atoms with Crippen LogP contribution in [-0.4, -0.2) is 17.2 Å². The second-order valence-corrected chi connectivity index (χ2v) is 0.847. The normalized spacial score (nSPS) is 4.07. The molecule has 1 N–H and O–H groups in total. The third kappa shape index (κ3) is 1720. The van der Waals surface area contributed by atoms with Gasteiger partial charge in [0.2, 0.25) is 6.16 Å². The maximum absolute atomic E-state index is 8.89. The number of carbonyl (C=O) groups is 2. The fourth-order valence-corrected chi connectivity index (χ4v) is 0. The predicted molar refractivity (Wildman–Crippen MR) is 28.8 cm³/mol. The molecule has 0 aliphatic rings. The summed E-state index contributed by atoms with van der Waals surface area (Å²) in [5, 5.41) is 24.2. The van der Waals surface area contributed by atoms with Gasteiger partial charge in [-0.3, -0.25) is 4.91 Å². The number of aliphatic carboxylic acids is 1. The molecule has 0 rings (SSSR count). The summed E-state index contributed by atoms with van der Waals surface area (Å²) in [6.07, 6.45) is -2.08. The summed E-state index contributed by atoms with van der Waals surface area (Å²) in [5.41, 5.74) is 13.5. The van der Waals surface area contributed by atoms with Crippen molar-refractivity contribution in [3.05, 3.63) is 16.0 Å². The Kier molecular flexibility index (Phi) is 95.7. The zero-order chi connectivity index (χ0) is 9.86. The van der Waals surface area contributed by atoms with E-state index in [-0.39, 0.29) is 88.7 Å². The number of carboxylic acids is 1. The monoisotopic (exact) mass is 231 g/mol. The van der Waals surface area contributed by atoms with Gasteiger partial charge in [-0.2, -0.15) is 0 Å². The first-order chi connectivity index (χ1) is 4.88. The molecule has 0 aromatic carbocycles. The summed E-state index contributed by atoms with van der Waals surface area (Å²) in [6.45, 7) is 0.972. The average molecular weight is 231 g/mol. The summed E-state index contributed by atoms with van der Waals surface area (Å²) >= 11 is 0. The van der Waals surface area contributed by atoms with E-state index in [1.165, 1.54) is 4.91 Å². The molecular weight excluding hydrogens is 227 g/mol. The number of hydrogen-bond donors (Lipinski definition) is 1. The van der Waals surface area contributed by atoms with Gasteiger partial charge in [-0.05, 0) is 6.92 Å². The molecule has 0 fully saturated rings. The Hall–Kier alpha value is 1.05. The van der Waals surface area contributed by atoms with Crippen molar-refractivity contribution >= 4 is 12.1 Å². The van der Waals surface area contributed by atoms with Crippen molar-refractivity contribution in [2.45, 2.75) is 6.92 Å². The maximum Gasteiger partial charge on any atom is 1.00 e. The third-order valence-corrected chi connectivity index (χ3v) is 0. The van der Waals surface area contributed by atoms with Crippen molar-refractivity contribution in [3.63, 3.8) is 0 Å². The van der Waals surface area contributed by atoms with Crippen molar-refractivity contribution in [3.8, 4) is 0 Å². The minimum atomic E-state index is -2.08. The van der Waals surface area contributed by atoms with E-state index in [0.717, 1.165) is 6.92 Å². The second-order valence-electron chi connectivity index (χ2n) is 0.847. The SMILES string of the molecule is CC(=O)[O-].O=C([O-])O.[N-]=[N+]=[N-].[Na+].[Na+].[Na+]. The molecule has 0 spiro atoms. The molecule has 0 saturated carbocycles. The summed E-state index contributed by atoms with van der Waals surface area (Å²) in [4.78, 5) is 18.8. The largest absolute Gasteiger partial charge is 1.00 e. The predicted octanol–water partition coefficient (Wildman–Crippen LogP) is -10.5. The first kappa shape index (κ1) is 36.3. The summed E-state index contributed by atoms with van der Waals surface area (Å²) in [5.74, 6) is -1.08. The van der Waals surface area contributed by atoms with Crippen LogP contribution in [0, 0.1) is 0 Å². The molecule has 14 heavy (non-hydrogen) atoms. The number of nitrogens with zero attached hydrogens (tertiary/aromatic N) is 3. The van der Waals surface area contributed by atoms with Crippen LogP contribution in [0.3, 0.4) is 0 Å². The Morgan fingerprint density at radius 1 is 1.14 bits per heavy atom. The van der Waals surface area contributed by atoms with Gasteiger partial charge < -0.3 is 36.0 Å². The Morgan fingerprint density at radius 3 is 1.14 bits per heavy atom. The van der Waals surface area contributed by atoms with Crippen LogP contribution in [0.1, 0.15) is 6.92 Å². The molecule has 8 nitrogen and oxygen atoms in total. The second kappa shape index (κ2) is 36.9. The summed E-state index contributed by atoms with van der Waals surface area (Å²) in [7, 11) is 0. The molecule has 0 aromatic rings. The van der Waals surface area contributed by atoms with Gasteiger partial charge in [-0.25, -0.2) is 0 Å². The zero-order valence-electron chi connectivity index (χ0n) is 8.42. The first-order valence-corrected chi connectivity index (χ1v) is 1.94.